The third-order valence-electron chi connectivity index (χ3n) is 4.15. The fourth-order valence-electron chi connectivity index (χ4n) is 2.94. The van der Waals surface area contributed by atoms with Crippen molar-refractivity contribution < 1.29 is 14.3 Å². The number of ketones is 1. The van der Waals surface area contributed by atoms with Crippen molar-refractivity contribution in [1.29, 1.82) is 0 Å². The van der Waals surface area contributed by atoms with Crippen LogP contribution in [0.25, 0.3) is 22.0 Å². The summed E-state index contributed by atoms with van der Waals surface area (Å²) in [5.74, 6) is 0.0347. The zero-order chi connectivity index (χ0) is 21.3. The summed E-state index contributed by atoms with van der Waals surface area (Å²) in [7, 11) is 3.75. The largest absolute Gasteiger partial charge is 0.459 e. The smallest absolute Gasteiger partial charge is 0.328 e. The van der Waals surface area contributed by atoms with Gasteiger partial charge in [-0.2, -0.15) is 5.10 Å². The summed E-state index contributed by atoms with van der Waals surface area (Å²) >= 11 is 0. The SMILES string of the molecule is CC(=O)c1nn(CC(=O)OC(C)(C)C)c2ccc(-c3cnc(N(C)C)nc3)cc12. The van der Waals surface area contributed by atoms with Gasteiger partial charge in [-0.1, -0.05) is 6.07 Å². The van der Waals surface area contributed by atoms with Crippen LogP contribution < -0.4 is 4.90 Å². The topological polar surface area (TPSA) is 90.2 Å². The molecule has 0 amide bonds. The molecule has 3 rings (SSSR count). The molecule has 152 valence electrons. The maximum atomic E-state index is 12.2. The van der Waals surface area contributed by atoms with Crippen LogP contribution in [-0.2, 0) is 16.1 Å². The monoisotopic (exact) mass is 395 g/mol. The third kappa shape index (κ3) is 4.59. The standard InChI is InChI=1S/C21H25N5O3/c1-13(27)19-16-9-14(15-10-22-20(23-11-15)25(5)6)7-8-17(16)26(24-19)12-18(28)29-21(2,3)4/h7-11H,12H2,1-6H3. The van der Waals surface area contributed by atoms with E-state index >= 15 is 0 Å². The van der Waals surface area contributed by atoms with Crippen LogP contribution in [0, 0.1) is 0 Å². The average Bonchev–Trinajstić information content (AvgIpc) is 2.98. The molecular formula is C21H25N5O3. The Bertz CT molecular complexity index is 1060. The average molecular weight is 395 g/mol. The number of aromatic nitrogens is 4. The molecule has 0 saturated heterocycles. The van der Waals surface area contributed by atoms with Crippen LogP contribution in [0.5, 0.6) is 0 Å². The Labute approximate surface area is 169 Å². The van der Waals surface area contributed by atoms with Crippen molar-refractivity contribution in [3.05, 3.63) is 36.3 Å². The summed E-state index contributed by atoms with van der Waals surface area (Å²) in [4.78, 5) is 34.9. The van der Waals surface area contributed by atoms with Gasteiger partial charge in [0.2, 0.25) is 5.95 Å². The summed E-state index contributed by atoms with van der Waals surface area (Å²) in [6.45, 7) is 6.82. The normalized spacial score (nSPS) is 11.5. The van der Waals surface area contributed by atoms with Crippen LogP contribution in [0.3, 0.4) is 0 Å². The van der Waals surface area contributed by atoms with Crippen molar-refractivity contribution in [3.63, 3.8) is 0 Å². The Balaban J connectivity index is 2.00. The number of Topliss-reactive ketones (excluding diaryl/α,β-unsaturated/α-hetero) is 1. The first kappa shape index (κ1) is 20.4. The lowest BCUT2D eigenvalue weighted by atomic mass is 10.0. The highest BCUT2D eigenvalue weighted by Gasteiger charge is 2.20. The number of benzene rings is 1. The van der Waals surface area contributed by atoms with E-state index in [1.165, 1.54) is 11.6 Å². The first-order chi connectivity index (χ1) is 13.5. The first-order valence-corrected chi connectivity index (χ1v) is 9.28. The van der Waals surface area contributed by atoms with Crippen LogP contribution >= 0.6 is 0 Å². The molecule has 29 heavy (non-hydrogen) atoms. The van der Waals surface area contributed by atoms with Gasteiger partial charge in [-0.25, -0.2) is 9.97 Å². The molecule has 2 aromatic heterocycles. The first-order valence-electron chi connectivity index (χ1n) is 9.28. The van der Waals surface area contributed by atoms with E-state index < -0.39 is 11.6 Å². The highest BCUT2D eigenvalue weighted by molar-refractivity contribution is 6.06. The van der Waals surface area contributed by atoms with Gasteiger partial charge in [0.05, 0.1) is 5.52 Å². The zero-order valence-corrected chi connectivity index (χ0v) is 17.6. The number of rotatable bonds is 5. The van der Waals surface area contributed by atoms with Crippen molar-refractivity contribution in [3.8, 4) is 11.1 Å². The molecule has 8 heteroatoms. The molecule has 0 N–H and O–H groups in total. The lowest BCUT2D eigenvalue weighted by Gasteiger charge is -2.19. The van der Waals surface area contributed by atoms with Gasteiger partial charge in [-0.3, -0.25) is 14.3 Å². The van der Waals surface area contributed by atoms with E-state index in [0.29, 0.717) is 22.5 Å². The second-order valence-electron chi connectivity index (χ2n) is 8.05. The van der Waals surface area contributed by atoms with Crippen molar-refractivity contribution in [2.24, 2.45) is 0 Å². The maximum Gasteiger partial charge on any atom is 0.328 e. The van der Waals surface area contributed by atoms with E-state index in [-0.39, 0.29) is 12.3 Å². The molecule has 0 aliphatic heterocycles. The predicted octanol–water partition coefficient (Wildman–Crippen LogP) is 3.10. The number of hydrogen-bond donors (Lipinski definition) is 0. The van der Waals surface area contributed by atoms with Gasteiger partial charge >= 0.3 is 5.97 Å². The Hall–Kier alpha value is -3.29. The Morgan fingerprint density at radius 3 is 2.31 bits per heavy atom. The minimum Gasteiger partial charge on any atom is -0.459 e. The lowest BCUT2D eigenvalue weighted by molar-refractivity contribution is -0.155. The van der Waals surface area contributed by atoms with E-state index in [9.17, 15) is 9.59 Å². The highest BCUT2D eigenvalue weighted by Crippen LogP contribution is 2.27. The summed E-state index contributed by atoms with van der Waals surface area (Å²) < 4.78 is 6.89. The van der Waals surface area contributed by atoms with E-state index in [2.05, 4.69) is 15.1 Å². The Morgan fingerprint density at radius 2 is 1.76 bits per heavy atom. The van der Waals surface area contributed by atoms with Crippen LogP contribution in [0.4, 0.5) is 5.95 Å². The second-order valence-corrected chi connectivity index (χ2v) is 8.05. The molecule has 0 saturated carbocycles. The van der Waals surface area contributed by atoms with Gasteiger partial charge in [0.15, 0.2) is 5.78 Å². The van der Waals surface area contributed by atoms with Crippen molar-refractivity contribution in [1.82, 2.24) is 19.7 Å². The molecule has 0 radical (unpaired) electrons. The van der Waals surface area contributed by atoms with Gasteiger partial charge in [-0.05, 0) is 38.5 Å². The summed E-state index contributed by atoms with van der Waals surface area (Å²) in [5.41, 5.74) is 2.11. The van der Waals surface area contributed by atoms with E-state index in [1.807, 2.05) is 58.0 Å². The van der Waals surface area contributed by atoms with Crippen LogP contribution in [0.2, 0.25) is 0 Å². The summed E-state index contributed by atoms with van der Waals surface area (Å²) in [5, 5.41) is 5.04. The van der Waals surface area contributed by atoms with E-state index in [1.54, 1.807) is 12.4 Å². The number of nitrogens with zero attached hydrogens (tertiary/aromatic N) is 5. The van der Waals surface area contributed by atoms with Crippen molar-refractivity contribution >= 4 is 28.6 Å². The minimum atomic E-state index is -0.588. The number of hydrogen-bond acceptors (Lipinski definition) is 7. The molecule has 0 aliphatic rings. The zero-order valence-electron chi connectivity index (χ0n) is 17.6. The number of carbonyl (C=O) groups is 2. The number of carbonyl (C=O) groups excluding carboxylic acids is 2. The fourth-order valence-corrected chi connectivity index (χ4v) is 2.94. The summed E-state index contributed by atoms with van der Waals surface area (Å²) in [6, 6.07) is 5.61. The molecule has 1 aromatic carbocycles. The van der Waals surface area contributed by atoms with Gasteiger partial charge in [0, 0.05) is 44.4 Å². The van der Waals surface area contributed by atoms with Crippen molar-refractivity contribution in [2.75, 3.05) is 19.0 Å². The van der Waals surface area contributed by atoms with Crippen LogP contribution in [-0.4, -0.2) is 51.2 Å². The molecule has 0 aliphatic carbocycles. The lowest BCUT2D eigenvalue weighted by Crippen LogP contribution is -2.26. The van der Waals surface area contributed by atoms with Crippen LogP contribution in [0.15, 0.2) is 30.6 Å². The quantitative estimate of drug-likeness (QED) is 0.484. The molecule has 0 fully saturated rings. The molecule has 0 spiro atoms. The van der Waals surface area contributed by atoms with E-state index in [0.717, 1.165) is 11.1 Å². The molecule has 2 heterocycles. The fraction of sp³-hybridized carbons (Fsp3) is 0.381. The number of ether oxygens (including phenoxy) is 1. The molecule has 8 nitrogen and oxygen atoms in total. The molecule has 0 bridgehead atoms. The molecule has 0 unspecified atom stereocenters. The Kier molecular flexibility index (Phi) is 5.37. The summed E-state index contributed by atoms with van der Waals surface area (Å²) in [6.07, 6.45) is 3.48. The second kappa shape index (κ2) is 7.62. The number of anilines is 1. The maximum absolute atomic E-state index is 12.2. The highest BCUT2D eigenvalue weighted by atomic mass is 16.6. The van der Waals surface area contributed by atoms with Gasteiger partial charge < -0.3 is 9.64 Å². The van der Waals surface area contributed by atoms with Crippen LogP contribution in [0.1, 0.15) is 38.2 Å². The van der Waals surface area contributed by atoms with Crippen molar-refractivity contribution in [2.45, 2.75) is 39.8 Å². The van der Waals surface area contributed by atoms with E-state index in [4.69, 9.17) is 4.74 Å². The van der Waals surface area contributed by atoms with Gasteiger partial charge in [0.1, 0.15) is 17.8 Å². The predicted molar refractivity (Wildman–Crippen MR) is 111 cm³/mol. The molecular weight excluding hydrogens is 370 g/mol. The number of esters is 1. The molecule has 0 atom stereocenters. The third-order valence-corrected chi connectivity index (χ3v) is 4.15. The Morgan fingerprint density at radius 1 is 1.10 bits per heavy atom. The van der Waals surface area contributed by atoms with Gasteiger partial charge in [-0.15, -0.1) is 0 Å². The molecule has 3 aromatic rings. The number of fused-ring (bicyclic) bond motifs is 1. The van der Waals surface area contributed by atoms with Gasteiger partial charge in [0.25, 0.3) is 0 Å². The minimum absolute atomic E-state index is 0.0684.